The standard InChI is InChI=1S/C59H79Br2ClN10O14/c1-32(2)49(70-46(73)19-10-9-11-22-65-52(75)36(30-60)31-61)54(77)68-40(17-14-24-66-55(63)78)53(76)67-39-21-20-38(37-16-13-23-64-50(37)39)69-56(79)85-45-28-47(74)72(6)41-26-35(27-42(82-7)48(41)62)25-33(3)15-12-18-44(83-8)59(81)29-43(84-57(80)71-59)34(4)51-58(45,5)86-51/h12-13,15-16,18,20-21,23,26-27,32,34,36,40,43-45,49,51,81H,9-11,14,17,19,22,24-25,28-31H2,1-8H3,(H,65,75)(H,67,76)(H,68,77)(H,69,79)(H,70,73)(H,71,80)(H3,63,66,78)/b18-12+,33-15+/t34-,40+,43+,44-,45+,49+,51+,58+,59+/m1/s1. The SMILES string of the molecule is COc1cc2cc(c1Cl)N(C)C(=O)C[C@H](OC(=O)Nc1ccc(NC(=O)[C@H](CCCNC(N)=O)NC(=O)[C@@H](NC(=O)CCCCCNC(=O)C(CBr)CBr)C(C)C)c3ncccc13)[C@]1(C)O[C@H]1[C@H](C)[C@@H]1C[C@@](O)(NC(=O)O1)[C@H](OC)/C=C/C=C(\C)C2. The predicted molar refractivity (Wildman–Crippen MR) is 331 cm³/mol. The van der Waals surface area contributed by atoms with Crippen molar-refractivity contribution < 1.29 is 67.1 Å². The van der Waals surface area contributed by atoms with E-state index in [9.17, 15) is 43.5 Å². The van der Waals surface area contributed by atoms with E-state index < -0.39 is 96.1 Å². The van der Waals surface area contributed by atoms with E-state index in [0.717, 1.165) is 11.1 Å². The Balaban J connectivity index is 1.21. The van der Waals surface area contributed by atoms with Crippen molar-refractivity contribution in [2.24, 2.45) is 23.5 Å². The highest BCUT2D eigenvalue weighted by molar-refractivity contribution is 9.09. The monoisotopic (exact) mass is 1340 g/mol. The molecule has 3 aliphatic heterocycles. The molecule has 24 nitrogen and oxygen atoms in total. The lowest BCUT2D eigenvalue weighted by atomic mass is 9.83. The number of alkyl halides is 2. The van der Waals surface area contributed by atoms with Gasteiger partial charge in [0.05, 0.1) is 48.1 Å². The second-order valence-corrected chi connectivity index (χ2v) is 23.9. The molecule has 3 aliphatic rings. The number of unbranched alkanes of at least 4 members (excludes halogenated alkanes) is 2. The summed E-state index contributed by atoms with van der Waals surface area (Å²) in [6.45, 7) is 9.40. The number of pyridine rings is 1. The summed E-state index contributed by atoms with van der Waals surface area (Å²) in [7, 11) is 4.41. The summed E-state index contributed by atoms with van der Waals surface area (Å²) in [6, 6.07) is 6.83. The molecule has 9 amide bonds. The van der Waals surface area contributed by atoms with Gasteiger partial charge in [-0.25, -0.2) is 14.4 Å². The molecule has 4 heterocycles. The smallest absolute Gasteiger partial charge is 0.412 e. The lowest BCUT2D eigenvalue weighted by molar-refractivity contribution is -0.142. The van der Waals surface area contributed by atoms with Crippen molar-refractivity contribution in [3.8, 4) is 5.75 Å². The Labute approximate surface area is 522 Å². The molecule has 1 aromatic heterocycles. The molecule has 3 aromatic rings. The average molecular weight is 1350 g/mol. The van der Waals surface area contributed by atoms with E-state index in [0.29, 0.717) is 59.7 Å². The Morgan fingerprint density at radius 2 is 1.69 bits per heavy atom. The van der Waals surface area contributed by atoms with Crippen molar-refractivity contribution in [1.29, 1.82) is 0 Å². The van der Waals surface area contributed by atoms with Gasteiger partial charge in [0.25, 0.3) is 0 Å². The van der Waals surface area contributed by atoms with Crippen LogP contribution in [0.15, 0.2) is 66.4 Å². The van der Waals surface area contributed by atoms with E-state index in [-0.39, 0.29) is 77.8 Å². The van der Waals surface area contributed by atoms with Gasteiger partial charge < -0.3 is 66.0 Å². The molecule has 6 rings (SSSR count). The summed E-state index contributed by atoms with van der Waals surface area (Å²) in [5.74, 6) is -3.10. The molecule has 9 atom stereocenters. The number of nitrogens with zero attached hydrogens (tertiary/aromatic N) is 2. The Morgan fingerprint density at radius 1 is 0.965 bits per heavy atom. The zero-order valence-corrected chi connectivity index (χ0v) is 53.5. The highest BCUT2D eigenvalue weighted by Gasteiger charge is 2.64. The summed E-state index contributed by atoms with van der Waals surface area (Å²) in [4.78, 5) is 113. The molecule has 10 N–H and O–H groups in total. The number of hydrogen-bond acceptors (Lipinski definition) is 15. The van der Waals surface area contributed by atoms with Gasteiger partial charge in [-0.1, -0.05) is 94.5 Å². The van der Waals surface area contributed by atoms with Crippen LogP contribution in [0.4, 0.5) is 31.4 Å². The lowest BCUT2D eigenvalue weighted by Gasteiger charge is -2.42. The number of nitrogens with one attached hydrogen (secondary N) is 7. The first-order valence-corrected chi connectivity index (χ1v) is 31.1. The van der Waals surface area contributed by atoms with Crippen molar-refractivity contribution >= 4 is 119 Å². The molecule has 0 radical (unpaired) electrons. The number of urea groups is 1. The number of benzene rings is 2. The van der Waals surface area contributed by atoms with Crippen molar-refractivity contribution in [3.05, 3.63) is 77.0 Å². The summed E-state index contributed by atoms with van der Waals surface area (Å²) >= 11 is 13.5. The van der Waals surface area contributed by atoms with Gasteiger partial charge in [-0.15, -0.1) is 0 Å². The summed E-state index contributed by atoms with van der Waals surface area (Å²) in [6.07, 6.45) is 2.83. The number of amides is 9. The van der Waals surface area contributed by atoms with Gasteiger partial charge in [0.2, 0.25) is 29.5 Å². The van der Waals surface area contributed by atoms with Gasteiger partial charge in [-0.05, 0) is 93.8 Å². The molecular formula is C59H79Br2ClN10O14. The van der Waals surface area contributed by atoms with Crippen LogP contribution in [0.2, 0.25) is 5.02 Å². The number of aromatic nitrogens is 1. The number of halogens is 3. The Kier molecular flexibility index (Phi) is 25.0. The minimum atomic E-state index is -1.91. The molecule has 0 spiro atoms. The van der Waals surface area contributed by atoms with E-state index in [2.05, 4.69) is 74.1 Å². The van der Waals surface area contributed by atoms with Crippen molar-refractivity contribution in [2.75, 3.05) is 60.6 Å². The maximum Gasteiger partial charge on any atom is 0.412 e. The lowest BCUT2D eigenvalue weighted by Crippen LogP contribution is -2.63. The van der Waals surface area contributed by atoms with Gasteiger partial charge in [0.15, 0.2) is 5.72 Å². The summed E-state index contributed by atoms with van der Waals surface area (Å²) in [5.41, 5.74) is 4.62. The maximum atomic E-state index is 14.6. The normalized spacial score (nSPS) is 23.9. The molecule has 0 unspecified atom stereocenters. The molecule has 470 valence electrons. The van der Waals surface area contributed by atoms with Crippen LogP contribution < -0.4 is 52.6 Å². The van der Waals surface area contributed by atoms with Gasteiger partial charge in [-0.3, -0.25) is 39.6 Å². The van der Waals surface area contributed by atoms with Crippen molar-refractivity contribution in [1.82, 2.24) is 31.6 Å². The Hall–Kier alpha value is -6.58. The first-order valence-electron chi connectivity index (χ1n) is 28.4. The van der Waals surface area contributed by atoms with Gasteiger partial charge in [-0.2, -0.15) is 0 Å². The number of allylic oxidation sites excluding steroid dienone is 3. The number of rotatable bonds is 23. The number of carbonyl (C=O) groups is 8. The number of ether oxygens (including phenoxy) is 5. The van der Waals surface area contributed by atoms with Crippen LogP contribution in [0.25, 0.3) is 10.9 Å². The number of epoxide rings is 1. The van der Waals surface area contributed by atoms with Crippen LogP contribution in [0.1, 0.15) is 91.5 Å². The molecule has 0 aliphatic carbocycles. The van der Waals surface area contributed by atoms with Gasteiger partial charge in [0, 0.05) is 68.2 Å². The molecule has 2 fully saturated rings. The second kappa shape index (κ2) is 31.4. The first-order chi connectivity index (χ1) is 40.9. The van der Waals surface area contributed by atoms with Crippen LogP contribution in [-0.2, 0) is 49.3 Å². The summed E-state index contributed by atoms with van der Waals surface area (Å²) in [5, 5.41) is 32.7. The van der Waals surface area contributed by atoms with Crippen LogP contribution in [0.3, 0.4) is 0 Å². The number of alkyl carbamates (subject to hydrolysis) is 1. The molecule has 0 saturated carbocycles. The van der Waals surface area contributed by atoms with Gasteiger partial charge in [0.1, 0.15) is 46.8 Å². The van der Waals surface area contributed by atoms with E-state index in [1.807, 2.05) is 13.0 Å². The van der Waals surface area contributed by atoms with Crippen LogP contribution in [0.5, 0.6) is 5.75 Å². The maximum absolute atomic E-state index is 14.6. The largest absolute Gasteiger partial charge is 0.495 e. The van der Waals surface area contributed by atoms with Crippen LogP contribution >= 0.6 is 43.5 Å². The van der Waals surface area contributed by atoms with Crippen molar-refractivity contribution in [3.63, 3.8) is 0 Å². The third-order valence-electron chi connectivity index (χ3n) is 15.5. The van der Waals surface area contributed by atoms with Crippen molar-refractivity contribution in [2.45, 2.75) is 140 Å². The molecule has 2 saturated heterocycles. The molecule has 27 heteroatoms. The minimum absolute atomic E-state index is 0.0414. The number of anilines is 3. The Morgan fingerprint density at radius 3 is 2.37 bits per heavy atom. The van der Waals surface area contributed by atoms with E-state index in [1.54, 1.807) is 64.1 Å². The highest BCUT2D eigenvalue weighted by Crippen LogP contribution is 2.49. The molecule has 2 aromatic carbocycles. The van der Waals surface area contributed by atoms with Gasteiger partial charge >= 0.3 is 18.2 Å². The predicted octanol–water partition coefficient (Wildman–Crippen LogP) is 7.02. The molecule has 4 bridgehead atoms. The Bertz CT molecular complexity index is 3020. The third kappa shape index (κ3) is 18.0. The average Bonchev–Trinajstić information content (AvgIpc) is 1.69. The fourth-order valence-electron chi connectivity index (χ4n) is 10.4. The number of hydrogen-bond donors (Lipinski definition) is 9. The molecular weight excluding hydrogens is 1270 g/mol. The number of methoxy groups -OCH3 is 2. The van der Waals surface area contributed by atoms with Crippen LogP contribution in [0, 0.1) is 17.8 Å². The van der Waals surface area contributed by atoms with Crippen LogP contribution in [-0.4, -0.2) is 151 Å². The zero-order valence-electron chi connectivity index (χ0n) is 49.5. The van der Waals surface area contributed by atoms with E-state index in [1.165, 1.54) is 44.5 Å². The number of fused-ring (bicyclic) bond motifs is 6. The topological polar surface area (TPSA) is 333 Å². The minimum Gasteiger partial charge on any atom is -0.495 e. The first kappa shape index (κ1) is 68.5. The van der Waals surface area contributed by atoms with E-state index in [4.69, 9.17) is 41.0 Å². The molecule has 86 heavy (non-hydrogen) atoms. The number of aliphatic hydroxyl groups is 1. The zero-order chi connectivity index (χ0) is 63.0. The number of nitrogens with two attached hydrogens (primary N) is 1. The van der Waals surface area contributed by atoms with E-state index >= 15 is 0 Å². The fraction of sp³-hybridized carbons (Fsp3) is 0.542. The third-order valence-corrected chi connectivity index (χ3v) is 17.4. The number of primary amides is 1. The summed E-state index contributed by atoms with van der Waals surface area (Å²) < 4.78 is 29.6. The quantitative estimate of drug-likeness (QED) is 0.0262. The number of carbonyl (C=O) groups excluding carboxylic acids is 8. The fourth-order valence-corrected chi connectivity index (χ4v) is 12.4. The second-order valence-electron chi connectivity index (χ2n) is 22.3. The highest BCUT2D eigenvalue weighted by atomic mass is 79.9.